The van der Waals surface area contributed by atoms with Crippen LogP contribution in [-0.4, -0.2) is 83.2 Å². The third kappa shape index (κ3) is 6.96. The predicted molar refractivity (Wildman–Crippen MR) is 138 cm³/mol. The predicted octanol–water partition coefficient (Wildman–Crippen LogP) is 2.04. The number of piperidine rings is 1. The summed E-state index contributed by atoms with van der Waals surface area (Å²) in [6, 6.07) is 0. The molecule has 10 heteroatoms. The third-order valence-corrected chi connectivity index (χ3v) is 8.19. The number of cyclic esters (lactones) is 1. The van der Waals surface area contributed by atoms with E-state index in [2.05, 4.69) is 10.5 Å². The summed E-state index contributed by atoms with van der Waals surface area (Å²) >= 11 is 0. The molecule has 8 atom stereocenters. The lowest BCUT2D eigenvalue weighted by Crippen LogP contribution is -2.56. The highest BCUT2D eigenvalue weighted by atomic mass is 16.6. The van der Waals surface area contributed by atoms with Crippen molar-refractivity contribution in [2.45, 2.75) is 104 Å². The van der Waals surface area contributed by atoms with E-state index in [0.717, 1.165) is 25.9 Å². The van der Waals surface area contributed by atoms with Crippen LogP contribution >= 0.6 is 0 Å². The van der Waals surface area contributed by atoms with E-state index in [1.165, 1.54) is 27.9 Å². The number of ketones is 2. The van der Waals surface area contributed by atoms with E-state index in [1.807, 2.05) is 6.92 Å². The highest BCUT2D eigenvalue weighted by molar-refractivity contribution is 6.11. The molecule has 0 saturated carbocycles. The molecule has 2 fully saturated rings. The van der Waals surface area contributed by atoms with E-state index >= 15 is 0 Å². The minimum Gasteiger partial charge on any atom is -0.459 e. The van der Waals surface area contributed by atoms with Crippen molar-refractivity contribution in [1.29, 1.82) is 0 Å². The Morgan fingerprint density at radius 3 is 2.22 bits per heavy atom. The second-order valence-electron chi connectivity index (χ2n) is 11.1. The van der Waals surface area contributed by atoms with Crippen LogP contribution in [0.15, 0.2) is 5.16 Å². The van der Waals surface area contributed by atoms with Gasteiger partial charge >= 0.3 is 5.97 Å². The first kappa shape index (κ1) is 31.3. The zero-order valence-electron chi connectivity index (χ0n) is 23.6. The molecule has 0 aromatic heterocycles. The van der Waals surface area contributed by atoms with Crippen molar-refractivity contribution >= 4 is 23.2 Å². The lowest BCUT2D eigenvalue weighted by Gasteiger charge is -2.41. The summed E-state index contributed by atoms with van der Waals surface area (Å²) in [4.78, 5) is 45.4. The van der Waals surface area contributed by atoms with Crippen LogP contribution in [0.4, 0.5) is 0 Å². The minimum atomic E-state index is -1.85. The van der Waals surface area contributed by atoms with Gasteiger partial charge in [0.15, 0.2) is 11.6 Å². The number of hydrogen-bond donors (Lipinski definition) is 3. The zero-order valence-corrected chi connectivity index (χ0v) is 23.6. The van der Waals surface area contributed by atoms with Crippen molar-refractivity contribution in [2.24, 2.45) is 28.8 Å². The Kier molecular flexibility index (Phi) is 10.8. The molecule has 0 amide bonds. The van der Waals surface area contributed by atoms with Gasteiger partial charge in [0, 0.05) is 18.9 Å². The Labute approximate surface area is 220 Å². The Balaban J connectivity index is 2.58. The highest BCUT2D eigenvalue weighted by Gasteiger charge is 2.49. The number of methoxy groups -OCH3 is 1. The van der Waals surface area contributed by atoms with E-state index in [4.69, 9.17) is 14.3 Å². The molecule has 3 N–H and O–H groups in total. The van der Waals surface area contributed by atoms with Gasteiger partial charge in [0.25, 0.3) is 0 Å². The van der Waals surface area contributed by atoms with E-state index in [-0.39, 0.29) is 18.9 Å². The summed E-state index contributed by atoms with van der Waals surface area (Å²) in [6.07, 6.45) is -0.665. The summed E-state index contributed by atoms with van der Waals surface area (Å²) in [6.45, 7) is 12.8. The van der Waals surface area contributed by atoms with Crippen LogP contribution in [0.3, 0.4) is 0 Å². The summed E-state index contributed by atoms with van der Waals surface area (Å²) in [5.74, 6) is -5.36. The number of ether oxygens (including phenoxy) is 2. The first-order valence-electron chi connectivity index (χ1n) is 13.4. The van der Waals surface area contributed by atoms with E-state index in [9.17, 15) is 24.6 Å². The summed E-state index contributed by atoms with van der Waals surface area (Å²) in [5, 5.41) is 30.5. The van der Waals surface area contributed by atoms with E-state index in [0.29, 0.717) is 5.71 Å². The number of carbonyl (C=O) groups is 3. The van der Waals surface area contributed by atoms with Crippen LogP contribution in [0, 0.1) is 23.7 Å². The van der Waals surface area contributed by atoms with Crippen LogP contribution < -0.4 is 5.32 Å². The SMILES string of the molecule is CC[C@H]1OC(=O)[C@H](C)C(=O)[C@H](C)C(=O)[C@](C)(OC)C[C@@H](C)/C(=N\OC2CCNCC2)[C@H](C)[C@@H](O)[C@]1(C)O. The van der Waals surface area contributed by atoms with Gasteiger partial charge in [0.2, 0.25) is 0 Å². The lowest BCUT2D eigenvalue weighted by atomic mass is 9.74. The summed E-state index contributed by atoms with van der Waals surface area (Å²) in [7, 11) is 1.40. The number of carbonyl (C=O) groups excluding carboxylic acids is 3. The van der Waals surface area contributed by atoms with Gasteiger partial charge in [-0.25, -0.2) is 0 Å². The normalized spacial score (nSPS) is 40.8. The van der Waals surface area contributed by atoms with Crippen molar-refractivity contribution in [3.63, 3.8) is 0 Å². The smallest absolute Gasteiger partial charge is 0.316 e. The maximum atomic E-state index is 13.5. The standard InChI is InChI=1S/C27H46N2O8/c1-9-20-27(7,34)24(32)16(3)21(29-37-19-10-12-28-13-11-19)15(2)14-26(6,35-8)23(31)17(4)22(30)18(5)25(33)36-20/h15-20,24,28,32,34H,9-14H2,1-8H3/b29-21+/t15-,16+,17+,18-,20-,24-,26-,27-/m1/s1. The third-order valence-electron chi connectivity index (χ3n) is 8.19. The van der Waals surface area contributed by atoms with Gasteiger partial charge in [0.1, 0.15) is 29.3 Å². The number of Topliss-reactive ketones (excluding diaryl/α,β-unsaturated/α-hetero) is 2. The molecular weight excluding hydrogens is 480 g/mol. The fourth-order valence-electron chi connectivity index (χ4n) is 5.43. The maximum absolute atomic E-state index is 13.5. The lowest BCUT2D eigenvalue weighted by molar-refractivity contribution is -0.186. The molecular formula is C27H46N2O8. The van der Waals surface area contributed by atoms with Crippen molar-refractivity contribution < 1.29 is 38.9 Å². The van der Waals surface area contributed by atoms with Gasteiger partial charge in [-0.3, -0.25) is 14.4 Å². The van der Waals surface area contributed by atoms with Gasteiger partial charge in [0.05, 0.1) is 17.7 Å². The van der Waals surface area contributed by atoms with Gasteiger partial charge < -0.3 is 29.8 Å². The molecule has 2 aliphatic rings. The molecule has 0 bridgehead atoms. The van der Waals surface area contributed by atoms with Crippen LogP contribution in [0.1, 0.15) is 74.1 Å². The van der Waals surface area contributed by atoms with Crippen LogP contribution in [-0.2, 0) is 28.7 Å². The highest BCUT2D eigenvalue weighted by Crippen LogP contribution is 2.34. The number of oxime groups is 1. The Hall–Kier alpha value is -1.88. The van der Waals surface area contributed by atoms with Crippen LogP contribution in [0.25, 0.3) is 0 Å². The number of nitrogens with one attached hydrogen (secondary N) is 1. The topological polar surface area (TPSA) is 144 Å². The Morgan fingerprint density at radius 2 is 1.68 bits per heavy atom. The molecule has 2 aliphatic heterocycles. The second kappa shape index (κ2) is 12.8. The molecule has 2 saturated heterocycles. The largest absolute Gasteiger partial charge is 0.459 e. The van der Waals surface area contributed by atoms with Crippen LogP contribution in [0.2, 0.25) is 0 Å². The maximum Gasteiger partial charge on any atom is 0.316 e. The fourth-order valence-corrected chi connectivity index (χ4v) is 5.43. The Morgan fingerprint density at radius 1 is 1.08 bits per heavy atom. The van der Waals surface area contributed by atoms with E-state index < -0.39 is 64.6 Å². The molecule has 0 aromatic rings. The molecule has 37 heavy (non-hydrogen) atoms. The quantitative estimate of drug-likeness (QED) is 0.285. The number of nitrogens with zero attached hydrogens (tertiary/aromatic N) is 1. The number of aliphatic hydroxyl groups is 2. The summed E-state index contributed by atoms with van der Waals surface area (Å²) < 4.78 is 11.2. The molecule has 2 rings (SSSR count). The van der Waals surface area contributed by atoms with Crippen molar-refractivity contribution in [2.75, 3.05) is 20.2 Å². The average Bonchev–Trinajstić information content (AvgIpc) is 2.88. The Bertz CT molecular complexity index is 853. The first-order valence-corrected chi connectivity index (χ1v) is 13.4. The molecule has 0 aromatic carbocycles. The monoisotopic (exact) mass is 526 g/mol. The van der Waals surface area contributed by atoms with Crippen molar-refractivity contribution in [1.82, 2.24) is 5.32 Å². The second-order valence-corrected chi connectivity index (χ2v) is 11.1. The molecule has 0 radical (unpaired) electrons. The molecule has 0 unspecified atom stereocenters. The fraction of sp³-hybridized carbons (Fsp3) is 0.852. The molecule has 10 nitrogen and oxygen atoms in total. The van der Waals surface area contributed by atoms with E-state index in [1.54, 1.807) is 20.8 Å². The number of aliphatic hydroxyl groups excluding tert-OH is 1. The molecule has 0 aliphatic carbocycles. The van der Waals surface area contributed by atoms with Crippen molar-refractivity contribution in [3.05, 3.63) is 0 Å². The summed E-state index contributed by atoms with van der Waals surface area (Å²) in [5.41, 5.74) is -2.76. The minimum absolute atomic E-state index is 0.0992. The van der Waals surface area contributed by atoms with Gasteiger partial charge in [-0.05, 0) is 66.5 Å². The first-order chi connectivity index (χ1) is 17.2. The number of hydrogen-bond acceptors (Lipinski definition) is 10. The number of rotatable bonds is 4. The molecule has 2 heterocycles. The van der Waals surface area contributed by atoms with Crippen molar-refractivity contribution in [3.8, 4) is 0 Å². The average molecular weight is 527 g/mol. The van der Waals surface area contributed by atoms with Gasteiger partial charge in [-0.1, -0.05) is 25.9 Å². The van der Waals surface area contributed by atoms with Gasteiger partial charge in [-0.2, -0.15) is 0 Å². The molecule has 0 spiro atoms. The van der Waals surface area contributed by atoms with Crippen LogP contribution in [0.5, 0.6) is 0 Å². The molecule has 212 valence electrons. The van der Waals surface area contributed by atoms with Gasteiger partial charge in [-0.15, -0.1) is 0 Å². The zero-order chi connectivity index (χ0) is 28.1. The number of esters is 1.